The maximum Gasteiger partial charge on any atom is 0.406 e. The number of hydrogen-bond acceptors (Lipinski definition) is 4. The Hall–Kier alpha value is -1.55. The number of furan rings is 1. The minimum Gasteiger partial charge on any atom is -0.467 e. The number of rotatable bonds is 5. The second-order valence-electron chi connectivity index (χ2n) is 5.83. The fourth-order valence-corrected chi connectivity index (χ4v) is 3.59. The number of carbonyl (C=O) groups is 1. The number of halogens is 3. The molecule has 136 valence electrons. The minimum absolute atomic E-state index is 0.135. The lowest BCUT2D eigenvalue weighted by Crippen LogP contribution is -2.46. The van der Waals surface area contributed by atoms with Crippen molar-refractivity contribution >= 4 is 15.9 Å². The molecule has 6 nitrogen and oxygen atoms in total. The van der Waals surface area contributed by atoms with E-state index in [9.17, 15) is 26.4 Å². The molecule has 2 heterocycles. The molecule has 1 amide bonds. The molecule has 1 saturated heterocycles. The second-order valence-corrected chi connectivity index (χ2v) is 7.81. The normalized spacial score (nSPS) is 17.8. The van der Waals surface area contributed by atoms with E-state index in [1.54, 1.807) is 0 Å². The zero-order valence-electron chi connectivity index (χ0n) is 13.1. The van der Waals surface area contributed by atoms with E-state index >= 15 is 0 Å². The van der Waals surface area contributed by atoms with Crippen molar-refractivity contribution in [2.45, 2.75) is 25.6 Å². The van der Waals surface area contributed by atoms with Gasteiger partial charge in [-0.3, -0.25) is 4.79 Å². The summed E-state index contributed by atoms with van der Waals surface area (Å²) < 4.78 is 67.5. The quantitative estimate of drug-likeness (QED) is 0.795. The summed E-state index contributed by atoms with van der Waals surface area (Å²) in [6.45, 7) is -1.36. The Bertz CT molecular complexity index is 650. The van der Waals surface area contributed by atoms with E-state index in [2.05, 4.69) is 0 Å². The van der Waals surface area contributed by atoms with Crippen LogP contribution in [0.2, 0.25) is 0 Å². The Morgan fingerprint density at radius 3 is 2.46 bits per heavy atom. The Morgan fingerprint density at radius 1 is 1.38 bits per heavy atom. The highest BCUT2D eigenvalue weighted by Crippen LogP contribution is 2.25. The van der Waals surface area contributed by atoms with E-state index in [-0.39, 0.29) is 38.2 Å². The standard InChI is InChI=1S/C14H19F3N2O4S/c1-24(21,22)19-6-4-11(5-7-19)13(20)18(10-14(15,16)17)9-12-3-2-8-23-12/h2-3,8,11H,4-7,9-10H2,1H3. The predicted octanol–water partition coefficient (Wildman–Crippen LogP) is 1.84. The molecule has 24 heavy (non-hydrogen) atoms. The summed E-state index contributed by atoms with van der Waals surface area (Å²) in [5.74, 6) is -0.988. The number of hydrogen-bond donors (Lipinski definition) is 0. The molecule has 0 aromatic carbocycles. The molecule has 0 unspecified atom stereocenters. The number of carbonyl (C=O) groups excluding carboxylic acids is 1. The second kappa shape index (κ2) is 7.14. The van der Waals surface area contributed by atoms with Gasteiger partial charge in [0.15, 0.2) is 0 Å². The van der Waals surface area contributed by atoms with Crippen LogP contribution in [0.25, 0.3) is 0 Å². The van der Waals surface area contributed by atoms with Gasteiger partial charge in [0, 0.05) is 19.0 Å². The highest BCUT2D eigenvalue weighted by molar-refractivity contribution is 7.88. The van der Waals surface area contributed by atoms with Crippen molar-refractivity contribution in [3.05, 3.63) is 24.2 Å². The van der Waals surface area contributed by atoms with Gasteiger partial charge in [-0.1, -0.05) is 0 Å². The first kappa shape index (κ1) is 18.8. The van der Waals surface area contributed by atoms with Crippen LogP contribution < -0.4 is 0 Å². The van der Waals surface area contributed by atoms with Gasteiger partial charge in [0.05, 0.1) is 19.1 Å². The molecule has 1 aliphatic heterocycles. The largest absolute Gasteiger partial charge is 0.467 e. The zero-order valence-corrected chi connectivity index (χ0v) is 13.9. The lowest BCUT2D eigenvalue weighted by molar-refractivity contribution is -0.166. The van der Waals surface area contributed by atoms with Crippen LogP contribution >= 0.6 is 0 Å². The molecule has 0 spiro atoms. The highest BCUT2D eigenvalue weighted by Gasteiger charge is 2.37. The topological polar surface area (TPSA) is 70.8 Å². The number of alkyl halides is 3. The van der Waals surface area contributed by atoms with Crippen molar-refractivity contribution in [1.29, 1.82) is 0 Å². The summed E-state index contributed by atoms with van der Waals surface area (Å²) >= 11 is 0. The maximum absolute atomic E-state index is 12.8. The van der Waals surface area contributed by atoms with Crippen LogP contribution in [0.4, 0.5) is 13.2 Å². The van der Waals surface area contributed by atoms with Crippen molar-refractivity contribution < 1.29 is 30.8 Å². The molecule has 2 rings (SSSR count). The van der Waals surface area contributed by atoms with Crippen LogP contribution in [0.15, 0.2) is 22.8 Å². The molecule has 1 aliphatic rings. The van der Waals surface area contributed by atoms with Gasteiger partial charge in [-0.2, -0.15) is 13.2 Å². The lowest BCUT2D eigenvalue weighted by atomic mass is 9.96. The summed E-state index contributed by atoms with van der Waals surface area (Å²) in [4.78, 5) is 13.2. The molecule has 1 aromatic rings. The third kappa shape index (κ3) is 5.23. The molecule has 0 N–H and O–H groups in total. The van der Waals surface area contributed by atoms with Gasteiger partial charge in [-0.15, -0.1) is 0 Å². The van der Waals surface area contributed by atoms with E-state index in [1.165, 1.54) is 22.7 Å². The summed E-state index contributed by atoms with van der Waals surface area (Å²) in [5, 5.41) is 0. The predicted molar refractivity (Wildman–Crippen MR) is 79.3 cm³/mol. The van der Waals surface area contributed by atoms with Crippen LogP contribution in [0, 0.1) is 5.92 Å². The minimum atomic E-state index is -4.52. The van der Waals surface area contributed by atoms with E-state index in [1.807, 2.05) is 0 Å². The maximum atomic E-state index is 12.8. The number of nitrogens with zero attached hydrogens (tertiary/aromatic N) is 2. The van der Waals surface area contributed by atoms with Crippen LogP contribution in [-0.2, 0) is 21.4 Å². The molecule has 0 aliphatic carbocycles. The van der Waals surface area contributed by atoms with Gasteiger partial charge in [-0.05, 0) is 25.0 Å². The van der Waals surface area contributed by atoms with Gasteiger partial charge >= 0.3 is 6.18 Å². The summed E-state index contributed by atoms with van der Waals surface area (Å²) in [6, 6.07) is 3.04. The molecular weight excluding hydrogens is 349 g/mol. The zero-order chi connectivity index (χ0) is 18.0. The molecule has 0 atom stereocenters. The van der Waals surface area contributed by atoms with E-state index in [0.717, 1.165) is 11.2 Å². The van der Waals surface area contributed by atoms with Crippen molar-refractivity contribution in [3.63, 3.8) is 0 Å². The van der Waals surface area contributed by atoms with Gasteiger partial charge in [0.1, 0.15) is 12.3 Å². The monoisotopic (exact) mass is 368 g/mol. The van der Waals surface area contributed by atoms with Crippen LogP contribution in [0.3, 0.4) is 0 Å². The number of amides is 1. The Labute approximate surface area is 138 Å². The first-order chi connectivity index (χ1) is 11.1. The summed E-state index contributed by atoms with van der Waals surface area (Å²) in [5.41, 5.74) is 0. The summed E-state index contributed by atoms with van der Waals surface area (Å²) in [7, 11) is -3.35. The van der Waals surface area contributed by atoms with Crippen molar-refractivity contribution in [1.82, 2.24) is 9.21 Å². The Balaban J connectivity index is 2.05. The molecule has 0 radical (unpaired) electrons. The third-order valence-corrected chi connectivity index (χ3v) is 5.18. The molecule has 0 saturated carbocycles. The van der Waals surface area contributed by atoms with E-state index in [4.69, 9.17) is 4.42 Å². The summed E-state index contributed by atoms with van der Waals surface area (Å²) in [6.07, 6.45) is -1.70. The van der Waals surface area contributed by atoms with Crippen LogP contribution in [-0.4, -0.2) is 55.6 Å². The van der Waals surface area contributed by atoms with Crippen molar-refractivity contribution in [2.75, 3.05) is 25.9 Å². The first-order valence-electron chi connectivity index (χ1n) is 7.39. The fourth-order valence-electron chi connectivity index (χ4n) is 2.71. The van der Waals surface area contributed by atoms with Crippen molar-refractivity contribution in [3.8, 4) is 0 Å². The molecular formula is C14H19F3N2O4S. The number of piperidine rings is 1. The van der Waals surface area contributed by atoms with Crippen LogP contribution in [0.1, 0.15) is 18.6 Å². The molecule has 1 fully saturated rings. The third-order valence-electron chi connectivity index (χ3n) is 3.88. The fraction of sp³-hybridized carbons (Fsp3) is 0.643. The Morgan fingerprint density at radius 2 is 2.00 bits per heavy atom. The van der Waals surface area contributed by atoms with E-state index in [0.29, 0.717) is 0 Å². The smallest absolute Gasteiger partial charge is 0.406 e. The van der Waals surface area contributed by atoms with Gasteiger partial charge < -0.3 is 9.32 Å². The molecule has 0 bridgehead atoms. The first-order valence-corrected chi connectivity index (χ1v) is 9.24. The SMILES string of the molecule is CS(=O)(=O)N1CCC(C(=O)N(Cc2ccco2)CC(F)(F)F)CC1. The average Bonchev–Trinajstić information content (AvgIpc) is 2.96. The lowest BCUT2D eigenvalue weighted by Gasteiger charge is -2.33. The highest BCUT2D eigenvalue weighted by atomic mass is 32.2. The van der Waals surface area contributed by atoms with Crippen LogP contribution in [0.5, 0.6) is 0 Å². The van der Waals surface area contributed by atoms with E-state index < -0.39 is 34.6 Å². The van der Waals surface area contributed by atoms with Gasteiger partial charge in [0.25, 0.3) is 0 Å². The molecule has 10 heteroatoms. The Kier molecular flexibility index (Phi) is 5.59. The molecule has 1 aromatic heterocycles. The average molecular weight is 368 g/mol. The van der Waals surface area contributed by atoms with Gasteiger partial charge in [0.2, 0.25) is 15.9 Å². The number of sulfonamides is 1. The van der Waals surface area contributed by atoms with Crippen molar-refractivity contribution in [2.24, 2.45) is 5.92 Å². The van der Waals surface area contributed by atoms with Gasteiger partial charge in [-0.25, -0.2) is 12.7 Å².